The number of nitrogens with one attached hydrogen (secondary N) is 2. The highest BCUT2D eigenvalue weighted by atomic mass is 32.2. The Bertz CT molecular complexity index is 864. The zero-order valence-electron chi connectivity index (χ0n) is 10.8. The maximum Gasteiger partial charge on any atom is 0.326 e. The lowest BCUT2D eigenvalue weighted by molar-refractivity contribution is 0.482. The minimum Gasteiger partial charge on any atom is -0.307 e. The summed E-state index contributed by atoms with van der Waals surface area (Å²) in [7, 11) is -4.43. The first-order chi connectivity index (χ1) is 9.32. The van der Waals surface area contributed by atoms with Gasteiger partial charge in [0.1, 0.15) is 0 Å². The van der Waals surface area contributed by atoms with Gasteiger partial charge < -0.3 is 4.98 Å². The van der Waals surface area contributed by atoms with Gasteiger partial charge in [-0.15, -0.1) is 0 Å². The van der Waals surface area contributed by atoms with Crippen molar-refractivity contribution in [2.45, 2.75) is 31.1 Å². The second-order valence-corrected chi connectivity index (χ2v) is 5.88. The first-order valence-corrected chi connectivity index (χ1v) is 7.53. The van der Waals surface area contributed by atoms with Crippen LogP contribution in [0, 0.1) is 0 Å². The van der Waals surface area contributed by atoms with Crippen molar-refractivity contribution in [1.29, 1.82) is 0 Å². The molecule has 0 atom stereocenters. The first-order valence-electron chi connectivity index (χ1n) is 6.09. The molecule has 0 amide bonds. The van der Waals surface area contributed by atoms with Crippen molar-refractivity contribution >= 4 is 21.0 Å². The zero-order chi connectivity index (χ0) is 14.9. The van der Waals surface area contributed by atoms with Crippen LogP contribution in [0.5, 0.6) is 0 Å². The molecule has 0 saturated heterocycles. The van der Waals surface area contributed by atoms with Crippen LogP contribution in [0.1, 0.15) is 25.3 Å². The molecule has 0 saturated carbocycles. The van der Waals surface area contributed by atoms with Crippen LogP contribution in [0.25, 0.3) is 10.9 Å². The zero-order valence-corrected chi connectivity index (χ0v) is 11.6. The summed E-state index contributed by atoms with van der Waals surface area (Å²) in [6, 6.07) is 2.51. The number of aromatic amines is 2. The third-order valence-electron chi connectivity index (χ3n) is 3.00. The molecule has 0 radical (unpaired) electrons. The Morgan fingerprint density at radius 1 is 1.20 bits per heavy atom. The summed E-state index contributed by atoms with van der Waals surface area (Å²) in [4.78, 5) is 27.0. The Balaban J connectivity index is 2.81. The lowest BCUT2D eigenvalue weighted by Crippen LogP contribution is -2.22. The van der Waals surface area contributed by atoms with Crippen LogP contribution in [-0.4, -0.2) is 22.9 Å². The van der Waals surface area contributed by atoms with Crippen LogP contribution in [-0.2, 0) is 16.5 Å². The monoisotopic (exact) mass is 298 g/mol. The average molecular weight is 298 g/mol. The van der Waals surface area contributed by atoms with Crippen molar-refractivity contribution in [1.82, 2.24) is 9.97 Å². The van der Waals surface area contributed by atoms with Crippen LogP contribution < -0.4 is 11.2 Å². The van der Waals surface area contributed by atoms with E-state index in [0.717, 1.165) is 18.9 Å². The van der Waals surface area contributed by atoms with Crippen molar-refractivity contribution in [3.8, 4) is 0 Å². The molecule has 0 aliphatic rings. The summed E-state index contributed by atoms with van der Waals surface area (Å²) in [6.45, 7) is 1.95. The van der Waals surface area contributed by atoms with Gasteiger partial charge in [-0.2, -0.15) is 8.42 Å². The highest BCUT2D eigenvalue weighted by Gasteiger charge is 2.17. The smallest absolute Gasteiger partial charge is 0.307 e. The standard InChI is InChI=1S/C12H14N2O5S/c1-2-3-4-7-5-9-8(6-10(7)20(17,18)19)11(15)14-12(16)13-9/h5-6H,2-4H2,1H3,(H,17,18,19)(H2,13,14,15,16). The summed E-state index contributed by atoms with van der Waals surface area (Å²) < 4.78 is 32.1. The van der Waals surface area contributed by atoms with Crippen LogP contribution in [0.2, 0.25) is 0 Å². The van der Waals surface area contributed by atoms with Gasteiger partial charge in [-0.3, -0.25) is 14.3 Å². The number of aryl methyl sites for hydroxylation is 1. The summed E-state index contributed by atoms with van der Waals surface area (Å²) in [5, 5.41) is 0.0115. The van der Waals surface area contributed by atoms with Crippen LogP contribution >= 0.6 is 0 Å². The van der Waals surface area contributed by atoms with Gasteiger partial charge in [-0.1, -0.05) is 13.3 Å². The van der Waals surface area contributed by atoms with Gasteiger partial charge in [0.2, 0.25) is 0 Å². The molecule has 1 aromatic heterocycles. The molecular weight excluding hydrogens is 284 g/mol. The summed E-state index contributed by atoms with van der Waals surface area (Å²) in [6.07, 6.45) is 1.99. The Labute approximate surface area is 114 Å². The van der Waals surface area contributed by atoms with E-state index in [2.05, 4.69) is 4.98 Å². The normalized spacial score (nSPS) is 11.9. The second-order valence-electron chi connectivity index (χ2n) is 4.49. The van der Waals surface area contributed by atoms with Crippen molar-refractivity contribution in [2.24, 2.45) is 0 Å². The van der Waals surface area contributed by atoms with E-state index in [-0.39, 0.29) is 15.8 Å². The average Bonchev–Trinajstić information content (AvgIpc) is 2.33. The van der Waals surface area contributed by atoms with E-state index in [0.29, 0.717) is 12.0 Å². The quantitative estimate of drug-likeness (QED) is 0.721. The van der Waals surface area contributed by atoms with Gasteiger partial charge in [0.25, 0.3) is 15.7 Å². The van der Waals surface area contributed by atoms with E-state index in [1.54, 1.807) is 0 Å². The summed E-state index contributed by atoms with van der Waals surface area (Å²) in [5.41, 5.74) is -0.736. The van der Waals surface area contributed by atoms with Gasteiger partial charge >= 0.3 is 5.69 Å². The molecule has 8 heteroatoms. The van der Waals surface area contributed by atoms with Gasteiger partial charge in [-0.25, -0.2) is 4.79 Å². The maximum atomic E-state index is 11.7. The number of H-pyrrole nitrogens is 2. The number of hydrogen-bond acceptors (Lipinski definition) is 4. The van der Waals surface area contributed by atoms with E-state index >= 15 is 0 Å². The van der Waals surface area contributed by atoms with Crippen molar-refractivity contribution < 1.29 is 13.0 Å². The minimum absolute atomic E-state index is 0.0115. The molecule has 0 fully saturated rings. The molecular formula is C12H14N2O5S. The van der Waals surface area contributed by atoms with E-state index in [4.69, 9.17) is 0 Å². The Morgan fingerprint density at radius 3 is 2.50 bits per heavy atom. The molecule has 0 spiro atoms. The predicted molar refractivity (Wildman–Crippen MR) is 73.6 cm³/mol. The van der Waals surface area contributed by atoms with E-state index in [1.165, 1.54) is 6.07 Å². The molecule has 0 aliphatic carbocycles. The van der Waals surface area contributed by atoms with Gasteiger partial charge in [0.05, 0.1) is 15.8 Å². The lowest BCUT2D eigenvalue weighted by atomic mass is 10.1. The Morgan fingerprint density at radius 2 is 1.90 bits per heavy atom. The number of benzene rings is 1. The minimum atomic E-state index is -4.43. The summed E-state index contributed by atoms with van der Waals surface area (Å²) >= 11 is 0. The highest BCUT2D eigenvalue weighted by molar-refractivity contribution is 7.85. The van der Waals surface area contributed by atoms with Crippen LogP contribution in [0.4, 0.5) is 0 Å². The number of aromatic nitrogens is 2. The molecule has 0 bridgehead atoms. The molecule has 0 unspecified atom stereocenters. The largest absolute Gasteiger partial charge is 0.326 e. The second kappa shape index (κ2) is 5.22. The van der Waals surface area contributed by atoms with Gasteiger partial charge in [0.15, 0.2) is 0 Å². The number of fused-ring (bicyclic) bond motifs is 1. The van der Waals surface area contributed by atoms with Gasteiger partial charge in [-0.05, 0) is 30.5 Å². The first kappa shape index (κ1) is 14.5. The molecule has 3 N–H and O–H groups in total. The number of unbranched alkanes of at least 4 members (excludes halogenated alkanes) is 1. The fourth-order valence-corrected chi connectivity index (χ4v) is 2.80. The van der Waals surface area contributed by atoms with Crippen LogP contribution in [0.15, 0.2) is 26.6 Å². The summed E-state index contributed by atoms with van der Waals surface area (Å²) in [5.74, 6) is 0. The Hall–Kier alpha value is -1.93. The van der Waals surface area contributed by atoms with Crippen molar-refractivity contribution in [3.05, 3.63) is 38.5 Å². The van der Waals surface area contributed by atoms with Gasteiger partial charge in [0, 0.05) is 0 Å². The fraction of sp³-hybridized carbons (Fsp3) is 0.333. The molecule has 1 heterocycles. The molecule has 7 nitrogen and oxygen atoms in total. The van der Waals surface area contributed by atoms with E-state index < -0.39 is 21.4 Å². The van der Waals surface area contributed by atoms with Crippen molar-refractivity contribution in [2.75, 3.05) is 0 Å². The third kappa shape index (κ3) is 2.81. The Kier molecular flexibility index (Phi) is 3.78. The van der Waals surface area contributed by atoms with Crippen molar-refractivity contribution in [3.63, 3.8) is 0 Å². The molecule has 2 aromatic rings. The predicted octanol–water partition coefficient (Wildman–Crippen LogP) is 0.806. The van der Waals surface area contributed by atoms with Crippen LogP contribution in [0.3, 0.4) is 0 Å². The molecule has 1 aromatic carbocycles. The van der Waals surface area contributed by atoms with E-state index in [1.807, 2.05) is 11.9 Å². The fourth-order valence-electron chi connectivity index (χ4n) is 2.04. The lowest BCUT2D eigenvalue weighted by Gasteiger charge is -2.08. The number of hydrogen-bond donors (Lipinski definition) is 3. The molecule has 20 heavy (non-hydrogen) atoms. The highest BCUT2D eigenvalue weighted by Crippen LogP contribution is 2.22. The topological polar surface area (TPSA) is 120 Å². The molecule has 108 valence electrons. The SMILES string of the molecule is CCCCc1cc2[nH]c(=O)[nH]c(=O)c2cc1S(=O)(=O)O. The molecule has 2 rings (SSSR count). The third-order valence-corrected chi connectivity index (χ3v) is 3.93. The molecule has 0 aliphatic heterocycles. The maximum absolute atomic E-state index is 11.7. The van der Waals surface area contributed by atoms with E-state index in [9.17, 15) is 22.6 Å². The number of rotatable bonds is 4.